The number of halogens is 3. The maximum atomic E-state index is 12.2. The Labute approximate surface area is 105 Å². The van der Waals surface area contributed by atoms with Crippen LogP contribution < -0.4 is 10.1 Å². The lowest BCUT2D eigenvalue weighted by Gasteiger charge is -2.13. The smallest absolute Gasteiger partial charge is 0.387 e. The fourth-order valence-corrected chi connectivity index (χ4v) is 1.65. The molecule has 0 aliphatic carbocycles. The Kier molecular flexibility index (Phi) is 5.65. The summed E-state index contributed by atoms with van der Waals surface area (Å²) in [6.45, 7) is 2.54. The summed E-state index contributed by atoms with van der Waals surface area (Å²) in [6.07, 6.45) is 0. The minimum atomic E-state index is -2.86. The van der Waals surface area contributed by atoms with Crippen molar-refractivity contribution >= 4 is 11.6 Å². The normalized spacial score (nSPS) is 11.2. The third kappa shape index (κ3) is 4.88. The molecule has 1 rings (SSSR count). The van der Waals surface area contributed by atoms with Gasteiger partial charge in [-0.15, -0.1) is 0 Å². The minimum Gasteiger partial charge on any atom is -0.433 e. The van der Waals surface area contributed by atoms with Crippen LogP contribution in [0.5, 0.6) is 5.75 Å². The molecule has 0 aliphatic rings. The maximum absolute atomic E-state index is 12.2. The molecule has 0 aliphatic heterocycles. The maximum Gasteiger partial charge on any atom is 0.387 e. The van der Waals surface area contributed by atoms with Gasteiger partial charge >= 0.3 is 6.61 Å². The van der Waals surface area contributed by atoms with Gasteiger partial charge in [-0.2, -0.15) is 8.78 Å². The van der Waals surface area contributed by atoms with Crippen molar-refractivity contribution in [3.05, 3.63) is 28.8 Å². The summed E-state index contributed by atoms with van der Waals surface area (Å²) in [5, 5.41) is 3.36. The first-order chi connectivity index (χ1) is 8.00. The lowest BCUT2D eigenvalue weighted by atomic mass is 10.2. The molecule has 0 amide bonds. The van der Waals surface area contributed by atoms with E-state index in [0.717, 1.165) is 6.54 Å². The van der Waals surface area contributed by atoms with Crippen LogP contribution in [-0.4, -0.2) is 13.2 Å². The number of benzene rings is 1. The predicted octanol–water partition coefficient (Wildman–Crippen LogP) is 3.69. The van der Waals surface area contributed by atoms with Crippen LogP contribution >= 0.6 is 11.6 Å². The first-order valence-corrected chi connectivity index (χ1v) is 5.81. The third-order valence-electron chi connectivity index (χ3n) is 2.12. The van der Waals surface area contributed by atoms with Crippen molar-refractivity contribution in [3.8, 4) is 5.75 Å². The summed E-state index contributed by atoms with van der Waals surface area (Å²) in [5.74, 6) is 0.550. The van der Waals surface area contributed by atoms with Crippen LogP contribution in [0.15, 0.2) is 18.2 Å². The zero-order valence-electron chi connectivity index (χ0n) is 9.84. The molecule has 0 unspecified atom stereocenters. The van der Waals surface area contributed by atoms with Crippen molar-refractivity contribution in [2.24, 2.45) is 5.92 Å². The zero-order valence-corrected chi connectivity index (χ0v) is 10.6. The van der Waals surface area contributed by atoms with Crippen molar-refractivity contribution in [1.82, 2.24) is 5.32 Å². The largest absolute Gasteiger partial charge is 0.433 e. The van der Waals surface area contributed by atoms with Gasteiger partial charge in [0.05, 0.1) is 5.02 Å². The number of rotatable bonds is 6. The van der Waals surface area contributed by atoms with Gasteiger partial charge < -0.3 is 10.1 Å². The lowest BCUT2D eigenvalue weighted by Crippen LogP contribution is -2.19. The fourth-order valence-electron chi connectivity index (χ4n) is 1.41. The molecule has 0 spiro atoms. The Morgan fingerprint density at radius 3 is 2.65 bits per heavy atom. The van der Waals surface area contributed by atoms with Gasteiger partial charge in [0.1, 0.15) is 5.75 Å². The van der Waals surface area contributed by atoms with Crippen molar-refractivity contribution < 1.29 is 13.5 Å². The Bertz CT molecular complexity index is 358. The monoisotopic (exact) mass is 263 g/mol. The highest BCUT2D eigenvalue weighted by atomic mass is 35.5. The Hall–Kier alpha value is -0.870. The molecule has 0 aromatic heterocycles. The zero-order chi connectivity index (χ0) is 12.8. The second kappa shape index (κ2) is 6.77. The van der Waals surface area contributed by atoms with Gasteiger partial charge in [0.15, 0.2) is 0 Å². The second-order valence-corrected chi connectivity index (χ2v) is 4.54. The van der Waals surface area contributed by atoms with Crippen molar-refractivity contribution in [3.63, 3.8) is 0 Å². The van der Waals surface area contributed by atoms with Gasteiger partial charge in [-0.3, -0.25) is 0 Å². The molecule has 2 nitrogen and oxygen atoms in total. The Morgan fingerprint density at radius 1 is 1.35 bits per heavy atom. The van der Waals surface area contributed by atoms with Crippen LogP contribution in [0, 0.1) is 5.92 Å². The van der Waals surface area contributed by atoms with E-state index >= 15 is 0 Å². The molecule has 0 atom stereocenters. The first-order valence-electron chi connectivity index (χ1n) is 5.43. The summed E-state index contributed by atoms with van der Waals surface area (Å²) >= 11 is 5.83. The molecule has 0 bridgehead atoms. The van der Waals surface area contributed by atoms with Crippen molar-refractivity contribution in [2.45, 2.75) is 27.0 Å². The van der Waals surface area contributed by atoms with E-state index in [-0.39, 0.29) is 10.8 Å². The van der Waals surface area contributed by atoms with Crippen LogP contribution in [0.1, 0.15) is 19.4 Å². The third-order valence-corrected chi connectivity index (χ3v) is 2.42. The molecule has 0 fully saturated rings. The summed E-state index contributed by atoms with van der Waals surface area (Å²) < 4.78 is 28.9. The molecule has 96 valence electrons. The van der Waals surface area contributed by atoms with E-state index in [1.54, 1.807) is 12.1 Å². The van der Waals surface area contributed by atoms with E-state index in [9.17, 15) is 8.78 Å². The molecule has 17 heavy (non-hydrogen) atoms. The molecule has 1 aromatic rings. The van der Waals surface area contributed by atoms with Gasteiger partial charge in [-0.05, 0) is 18.5 Å². The SMILES string of the molecule is CC(C)CNCc1cccc(Cl)c1OC(F)F. The van der Waals surface area contributed by atoms with E-state index in [2.05, 4.69) is 23.9 Å². The van der Waals surface area contributed by atoms with E-state index in [4.69, 9.17) is 11.6 Å². The Balaban J connectivity index is 2.72. The molecule has 5 heteroatoms. The van der Waals surface area contributed by atoms with Gasteiger partial charge in [0, 0.05) is 12.1 Å². The molecule has 1 aromatic carbocycles. The van der Waals surface area contributed by atoms with Gasteiger partial charge in [-0.25, -0.2) is 0 Å². The average Bonchev–Trinajstić information content (AvgIpc) is 2.22. The second-order valence-electron chi connectivity index (χ2n) is 4.13. The van der Waals surface area contributed by atoms with Crippen molar-refractivity contribution in [2.75, 3.05) is 6.54 Å². The number of hydrogen-bond acceptors (Lipinski definition) is 2. The molecule has 0 saturated heterocycles. The molecule has 0 saturated carbocycles. The highest BCUT2D eigenvalue weighted by Crippen LogP contribution is 2.29. The first kappa shape index (κ1) is 14.2. The number of para-hydroxylation sites is 1. The molecular formula is C12H16ClF2NO. The van der Waals surface area contributed by atoms with E-state index in [1.807, 2.05) is 0 Å². The summed E-state index contributed by atoms with van der Waals surface area (Å²) in [4.78, 5) is 0. The number of ether oxygens (including phenoxy) is 1. The van der Waals surface area contributed by atoms with Crippen LogP contribution in [0.4, 0.5) is 8.78 Å². The summed E-state index contributed by atoms with van der Waals surface area (Å²) in [7, 11) is 0. The topological polar surface area (TPSA) is 21.3 Å². The van der Waals surface area contributed by atoms with Crippen molar-refractivity contribution in [1.29, 1.82) is 0 Å². The fraction of sp³-hybridized carbons (Fsp3) is 0.500. The molecular weight excluding hydrogens is 248 g/mol. The van der Waals surface area contributed by atoms with E-state index < -0.39 is 6.61 Å². The van der Waals surface area contributed by atoms with E-state index in [0.29, 0.717) is 18.0 Å². The molecule has 0 heterocycles. The quantitative estimate of drug-likeness (QED) is 0.845. The van der Waals surface area contributed by atoms with Gasteiger partial charge in [-0.1, -0.05) is 37.6 Å². The number of hydrogen-bond donors (Lipinski definition) is 1. The van der Waals surface area contributed by atoms with Crippen LogP contribution in [-0.2, 0) is 6.54 Å². The van der Waals surface area contributed by atoms with Crippen LogP contribution in [0.25, 0.3) is 0 Å². The van der Waals surface area contributed by atoms with Gasteiger partial charge in [0.25, 0.3) is 0 Å². The molecule has 1 N–H and O–H groups in total. The highest BCUT2D eigenvalue weighted by Gasteiger charge is 2.13. The predicted molar refractivity (Wildman–Crippen MR) is 64.6 cm³/mol. The number of nitrogens with one attached hydrogen (secondary N) is 1. The standard InChI is InChI=1S/C12H16ClF2NO/c1-8(2)6-16-7-9-4-3-5-10(13)11(9)17-12(14)15/h3-5,8,12,16H,6-7H2,1-2H3. The number of alkyl halides is 2. The molecule has 0 radical (unpaired) electrons. The van der Waals surface area contributed by atoms with Gasteiger partial charge in [0.2, 0.25) is 0 Å². The van der Waals surface area contributed by atoms with Crippen LogP contribution in [0.2, 0.25) is 5.02 Å². The minimum absolute atomic E-state index is 0.0559. The Morgan fingerprint density at radius 2 is 2.06 bits per heavy atom. The highest BCUT2D eigenvalue weighted by molar-refractivity contribution is 6.32. The average molecular weight is 264 g/mol. The lowest BCUT2D eigenvalue weighted by molar-refractivity contribution is -0.0504. The summed E-state index contributed by atoms with van der Waals surface area (Å²) in [6, 6.07) is 4.97. The van der Waals surface area contributed by atoms with E-state index in [1.165, 1.54) is 6.07 Å². The summed E-state index contributed by atoms with van der Waals surface area (Å²) in [5.41, 5.74) is 0.637. The van der Waals surface area contributed by atoms with Crippen LogP contribution in [0.3, 0.4) is 0 Å².